The van der Waals surface area contributed by atoms with E-state index in [1.54, 1.807) is 0 Å². The third-order valence-electron chi connectivity index (χ3n) is 4.57. The molecular weight excluding hydrogens is 292 g/mol. The summed E-state index contributed by atoms with van der Waals surface area (Å²) in [6, 6.07) is 9.24. The molecule has 0 saturated carbocycles. The van der Waals surface area contributed by atoms with Gasteiger partial charge in [-0.2, -0.15) is 0 Å². The number of carbonyl (C=O) groups is 2. The highest BCUT2D eigenvalue weighted by molar-refractivity contribution is 5.89. The summed E-state index contributed by atoms with van der Waals surface area (Å²) in [5, 5.41) is 8.85. The minimum absolute atomic E-state index is 0.110. The van der Waals surface area contributed by atoms with Crippen LogP contribution in [-0.4, -0.2) is 49.1 Å². The summed E-state index contributed by atoms with van der Waals surface area (Å²) < 4.78 is 0. The van der Waals surface area contributed by atoms with Crippen molar-refractivity contribution in [1.82, 2.24) is 15.5 Å². The fraction of sp³-hybridized carbons (Fsp3) is 0.529. The lowest BCUT2D eigenvalue weighted by Gasteiger charge is -2.40. The van der Waals surface area contributed by atoms with Crippen LogP contribution in [0.5, 0.6) is 0 Å². The van der Waals surface area contributed by atoms with Gasteiger partial charge in [-0.3, -0.25) is 4.79 Å². The smallest absolute Gasteiger partial charge is 0.319 e. The molecule has 23 heavy (non-hydrogen) atoms. The molecule has 124 valence electrons. The highest BCUT2D eigenvalue weighted by Gasteiger charge is 2.34. The summed E-state index contributed by atoms with van der Waals surface area (Å²) in [4.78, 5) is 26.5. The van der Waals surface area contributed by atoms with Crippen LogP contribution in [-0.2, 0) is 4.79 Å². The molecule has 1 atom stereocenters. The van der Waals surface area contributed by atoms with E-state index in [0.717, 1.165) is 44.6 Å². The Morgan fingerprint density at radius 1 is 1.17 bits per heavy atom. The van der Waals surface area contributed by atoms with Crippen molar-refractivity contribution in [3.63, 3.8) is 0 Å². The van der Waals surface area contributed by atoms with Crippen LogP contribution in [0.25, 0.3) is 0 Å². The van der Waals surface area contributed by atoms with Crippen molar-refractivity contribution >= 4 is 17.6 Å². The van der Waals surface area contributed by atoms with E-state index in [1.807, 2.05) is 35.2 Å². The summed E-state index contributed by atoms with van der Waals surface area (Å²) in [6.07, 6.45) is 3.12. The maximum absolute atomic E-state index is 12.5. The number of anilines is 1. The first kappa shape index (κ1) is 15.8. The summed E-state index contributed by atoms with van der Waals surface area (Å²) in [6.45, 7) is 2.88. The summed E-state index contributed by atoms with van der Waals surface area (Å²) in [7, 11) is 0. The Morgan fingerprint density at radius 3 is 2.65 bits per heavy atom. The highest BCUT2D eigenvalue weighted by atomic mass is 16.2. The van der Waals surface area contributed by atoms with Crippen LogP contribution in [0.1, 0.15) is 19.3 Å². The van der Waals surface area contributed by atoms with Crippen LogP contribution in [0.2, 0.25) is 0 Å². The molecule has 0 spiro atoms. The van der Waals surface area contributed by atoms with Crippen molar-refractivity contribution in [2.75, 3.05) is 31.5 Å². The standard InChI is InChI=1S/C17H24N4O2/c22-16(13-10-18-11-13)21-9-5-4-8-15(21)12-19-17(23)20-14-6-2-1-3-7-14/h1-3,6-7,13,15,18H,4-5,8-12H2,(H2,19,20,23). The quantitative estimate of drug-likeness (QED) is 0.786. The normalized spacial score (nSPS) is 21.4. The Balaban J connectivity index is 1.50. The molecule has 6 heteroatoms. The molecule has 3 N–H and O–H groups in total. The van der Waals surface area contributed by atoms with Gasteiger partial charge in [0.2, 0.25) is 5.91 Å². The van der Waals surface area contributed by atoms with Gasteiger partial charge < -0.3 is 20.9 Å². The number of benzene rings is 1. The molecule has 2 heterocycles. The number of piperidine rings is 1. The molecule has 1 aromatic carbocycles. The zero-order chi connectivity index (χ0) is 16.1. The van der Waals surface area contributed by atoms with E-state index in [4.69, 9.17) is 0 Å². The molecule has 2 fully saturated rings. The average Bonchev–Trinajstić information content (AvgIpc) is 2.52. The molecule has 0 aliphatic carbocycles. The van der Waals surface area contributed by atoms with Crippen molar-refractivity contribution < 1.29 is 9.59 Å². The lowest BCUT2D eigenvalue weighted by atomic mass is 9.96. The van der Waals surface area contributed by atoms with Gasteiger partial charge in [0.15, 0.2) is 0 Å². The lowest BCUT2D eigenvalue weighted by molar-refractivity contribution is -0.140. The molecule has 0 radical (unpaired) electrons. The van der Waals surface area contributed by atoms with Gasteiger partial charge in [-0.1, -0.05) is 18.2 Å². The van der Waals surface area contributed by atoms with E-state index in [9.17, 15) is 9.59 Å². The number of likely N-dealkylation sites (tertiary alicyclic amines) is 1. The Kier molecular flexibility index (Phi) is 5.12. The highest BCUT2D eigenvalue weighted by Crippen LogP contribution is 2.20. The molecule has 1 unspecified atom stereocenters. The Hall–Kier alpha value is -2.08. The van der Waals surface area contributed by atoms with E-state index in [2.05, 4.69) is 16.0 Å². The van der Waals surface area contributed by atoms with Crippen molar-refractivity contribution in [3.05, 3.63) is 30.3 Å². The predicted octanol–water partition coefficient (Wildman–Crippen LogP) is 1.41. The third-order valence-corrected chi connectivity index (χ3v) is 4.57. The molecule has 0 bridgehead atoms. The maximum atomic E-state index is 12.5. The molecule has 1 aromatic rings. The molecule has 6 nitrogen and oxygen atoms in total. The number of urea groups is 1. The fourth-order valence-electron chi connectivity index (χ4n) is 3.11. The zero-order valence-electron chi connectivity index (χ0n) is 13.3. The summed E-state index contributed by atoms with van der Waals surface area (Å²) >= 11 is 0. The van der Waals surface area contributed by atoms with Gasteiger partial charge in [-0.05, 0) is 31.4 Å². The van der Waals surface area contributed by atoms with Gasteiger partial charge in [-0.25, -0.2) is 4.79 Å². The maximum Gasteiger partial charge on any atom is 0.319 e. The second-order valence-electron chi connectivity index (χ2n) is 6.24. The van der Waals surface area contributed by atoms with E-state index < -0.39 is 0 Å². The largest absolute Gasteiger partial charge is 0.338 e. The summed E-state index contributed by atoms with van der Waals surface area (Å²) in [5.74, 6) is 0.354. The molecule has 0 aromatic heterocycles. The Labute approximate surface area is 136 Å². The van der Waals surface area contributed by atoms with Crippen molar-refractivity contribution in [1.29, 1.82) is 0 Å². The first-order chi connectivity index (χ1) is 11.2. The van der Waals surface area contributed by atoms with Crippen molar-refractivity contribution in [2.24, 2.45) is 5.92 Å². The van der Waals surface area contributed by atoms with E-state index in [1.165, 1.54) is 0 Å². The minimum Gasteiger partial charge on any atom is -0.338 e. The number of amides is 3. The predicted molar refractivity (Wildman–Crippen MR) is 89.2 cm³/mol. The monoisotopic (exact) mass is 316 g/mol. The summed E-state index contributed by atoms with van der Waals surface area (Å²) in [5.41, 5.74) is 0.766. The second kappa shape index (κ2) is 7.46. The number of para-hydroxylation sites is 1. The van der Waals surface area contributed by atoms with Crippen LogP contribution >= 0.6 is 0 Å². The molecule has 2 saturated heterocycles. The molecule has 2 aliphatic rings. The Morgan fingerprint density at radius 2 is 1.96 bits per heavy atom. The minimum atomic E-state index is -0.223. The molecular formula is C17H24N4O2. The number of carbonyl (C=O) groups excluding carboxylic acids is 2. The molecule has 3 amide bonds. The van der Waals surface area contributed by atoms with E-state index >= 15 is 0 Å². The van der Waals surface area contributed by atoms with Crippen LogP contribution < -0.4 is 16.0 Å². The van der Waals surface area contributed by atoms with Gasteiger partial charge in [0.05, 0.1) is 5.92 Å². The van der Waals surface area contributed by atoms with Crippen LogP contribution in [0, 0.1) is 5.92 Å². The van der Waals surface area contributed by atoms with Gasteiger partial charge in [-0.15, -0.1) is 0 Å². The van der Waals surface area contributed by atoms with Gasteiger partial charge >= 0.3 is 6.03 Å². The first-order valence-electron chi connectivity index (χ1n) is 8.35. The van der Waals surface area contributed by atoms with Crippen molar-refractivity contribution in [2.45, 2.75) is 25.3 Å². The average molecular weight is 316 g/mol. The number of hydrogen-bond acceptors (Lipinski definition) is 3. The SMILES string of the molecule is O=C(NCC1CCCCN1C(=O)C1CNC1)Nc1ccccc1. The van der Waals surface area contributed by atoms with Crippen molar-refractivity contribution in [3.8, 4) is 0 Å². The number of rotatable bonds is 4. The van der Waals surface area contributed by atoms with Gasteiger partial charge in [0.25, 0.3) is 0 Å². The van der Waals surface area contributed by atoms with Crippen LogP contribution in [0.3, 0.4) is 0 Å². The number of hydrogen-bond donors (Lipinski definition) is 3. The molecule has 2 aliphatic heterocycles. The van der Waals surface area contributed by atoms with Gasteiger partial charge in [0, 0.05) is 37.9 Å². The zero-order valence-corrected chi connectivity index (χ0v) is 13.3. The van der Waals surface area contributed by atoms with Crippen LogP contribution in [0.4, 0.5) is 10.5 Å². The molecule has 3 rings (SSSR count). The fourth-order valence-corrected chi connectivity index (χ4v) is 3.11. The topological polar surface area (TPSA) is 73.5 Å². The third kappa shape index (κ3) is 4.01. The first-order valence-corrected chi connectivity index (χ1v) is 8.35. The number of nitrogens with zero attached hydrogens (tertiary/aromatic N) is 1. The van der Waals surface area contributed by atoms with E-state index in [0.29, 0.717) is 6.54 Å². The van der Waals surface area contributed by atoms with E-state index in [-0.39, 0.29) is 23.9 Å². The lowest BCUT2D eigenvalue weighted by Crippen LogP contribution is -2.57. The second-order valence-corrected chi connectivity index (χ2v) is 6.24. The number of nitrogens with one attached hydrogen (secondary N) is 3. The Bertz CT molecular complexity index is 545. The van der Waals surface area contributed by atoms with Gasteiger partial charge in [0.1, 0.15) is 0 Å². The van der Waals surface area contributed by atoms with Crippen LogP contribution in [0.15, 0.2) is 30.3 Å².